The van der Waals surface area contributed by atoms with E-state index in [4.69, 9.17) is 0 Å². The number of hydrogen-bond donors (Lipinski definition) is 0. The Bertz CT molecular complexity index is 537. The van der Waals surface area contributed by atoms with Crippen LogP contribution in [0.4, 0.5) is 5.69 Å². The molecular formula is C16H19NO2. The maximum absolute atomic E-state index is 12.5. The molecule has 0 aromatic heterocycles. The summed E-state index contributed by atoms with van der Waals surface area (Å²) in [6.45, 7) is 4.15. The van der Waals surface area contributed by atoms with Crippen LogP contribution in [-0.4, -0.2) is 11.8 Å². The Morgan fingerprint density at radius 2 is 1.84 bits per heavy atom. The van der Waals surface area contributed by atoms with Crippen LogP contribution in [0.1, 0.15) is 31.7 Å². The minimum Gasteiger partial charge on any atom is -0.274 e. The molecule has 3 nitrogen and oxygen atoms in total. The third kappa shape index (κ3) is 1.97. The maximum atomic E-state index is 12.5. The first-order valence-corrected chi connectivity index (χ1v) is 7.02. The van der Waals surface area contributed by atoms with Crippen molar-refractivity contribution in [2.24, 2.45) is 17.8 Å². The van der Waals surface area contributed by atoms with Crippen molar-refractivity contribution >= 4 is 17.5 Å². The molecule has 1 aliphatic carbocycles. The summed E-state index contributed by atoms with van der Waals surface area (Å²) >= 11 is 0. The summed E-state index contributed by atoms with van der Waals surface area (Å²) in [5.41, 5.74) is 1.80. The van der Waals surface area contributed by atoms with Gasteiger partial charge in [-0.1, -0.05) is 19.1 Å². The summed E-state index contributed by atoms with van der Waals surface area (Å²) in [5, 5.41) is 0. The fourth-order valence-corrected chi connectivity index (χ4v) is 3.41. The van der Waals surface area contributed by atoms with Crippen molar-refractivity contribution in [3.05, 3.63) is 29.8 Å². The van der Waals surface area contributed by atoms with Crippen molar-refractivity contribution < 1.29 is 9.59 Å². The Kier molecular flexibility index (Phi) is 2.92. The zero-order valence-electron chi connectivity index (χ0n) is 11.4. The van der Waals surface area contributed by atoms with Gasteiger partial charge >= 0.3 is 0 Å². The van der Waals surface area contributed by atoms with E-state index in [0.717, 1.165) is 30.5 Å². The largest absolute Gasteiger partial charge is 0.274 e. The zero-order valence-corrected chi connectivity index (χ0v) is 11.4. The lowest BCUT2D eigenvalue weighted by molar-refractivity contribution is -0.122. The average Bonchev–Trinajstić information content (AvgIpc) is 2.61. The molecule has 0 radical (unpaired) electrons. The number of nitrogens with zero attached hydrogens (tertiary/aromatic N) is 1. The molecule has 1 aromatic carbocycles. The van der Waals surface area contributed by atoms with Gasteiger partial charge in [-0.25, -0.2) is 0 Å². The average molecular weight is 257 g/mol. The van der Waals surface area contributed by atoms with Gasteiger partial charge in [0.1, 0.15) is 0 Å². The third-order valence-electron chi connectivity index (χ3n) is 4.45. The third-order valence-corrected chi connectivity index (χ3v) is 4.45. The minimum atomic E-state index is -0.0863. The Labute approximate surface area is 113 Å². The summed E-state index contributed by atoms with van der Waals surface area (Å²) in [6, 6.07) is 7.64. The van der Waals surface area contributed by atoms with E-state index in [1.165, 1.54) is 4.90 Å². The van der Waals surface area contributed by atoms with Gasteiger partial charge < -0.3 is 0 Å². The highest BCUT2D eigenvalue weighted by Crippen LogP contribution is 2.42. The summed E-state index contributed by atoms with van der Waals surface area (Å²) in [5.74, 6) is 0.399. The van der Waals surface area contributed by atoms with Crippen LogP contribution in [0.25, 0.3) is 0 Å². The number of carbonyl (C=O) groups excluding carboxylic acids is 2. The van der Waals surface area contributed by atoms with Gasteiger partial charge in [-0.05, 0) is 49.8 Å². The van der Waals surface area contributed by atoms with E-state index in [1.807, 2.05) is 31.2 Å². The molecule has 1 aliphatic heterocycles. The van der Waals surface area contributed by atoms with Crippen molar-refractivity contribution in [1.29, 1.82) is 0 Å². The minimum absolute atomic E-state index is 0.00662. The SMILES string of the molecule is Cc1cccc(N2C(=O)[C@H]3CC[C@H](C)C[C@@H]3C2=O)c1. The molecule has 0 unspecified atom stereocenters. The van der Waals surface area contributed by atoms with E-state index in [1.54, 1.807) is 0 Å². The predicted molar refractivity (Wildman–Crippen MR) is 73.7 cm³/mol. The molecule has 1 saturated carbocycles. The second kappa shape index (κ2) is 4.48. The lowest BCUT2D eigenvalue weighted by atomic mass is 9.76. The summed E-state index contributed by atoms with van der Waals surface area (Å²) in [4.78, 5) is 26.4. The number of amides is 2. The molecule has 2 fully saturated rings. The Morgan fingerprint density at radius 1 is 1.11 bits per heavy atom. The van der Waals surface area contributed by atoms with E-state index in [2.05, 4.69) is 6.92 Å². The molecular weight excluding hydrogens is 238 g/mol. The number of rotatable bonds is 1. The van der Waals surface area contributed by atoms with Crippen molar-refractivity contribution in [2.45, 2.75) is 33.1 Å². The van der Waals surface area contributed by atoms with E-state index in [9.17, 15) is 9.59 Å². The quantitative estimate of drug-likeness (QED) is 0.725. The Morgan fingerprint density at radius 3 is 2.58 bits per heavy atom. The van der Waals surface area contributed by atoms with Crippen molar-refractivity contribution in [1.82, 2.24) is 0 Å². The number of anilines is 1. The topological polar surface area (TPSA) is 37.4 Å². The van der Waals surface area contributed by atoms with Crippen molar-refractivity contribution in [2.75, 3.05) is 4.90 Å². The first kappa shape index (κ1) is 12.4. The van der Waals surface area contributed by atoms with Crippen molar-refractivity contribution in [3.63, 3.8) is 0 Å². The highest BCUT2D eigenvalue weighted by Gasteiger charge is 2.49. The van der Waals surface area contributed by atoms with Crippen LogP contribution in [0.3, 0.4) is 0 Å². The van der Waals surface area contributed by atoms with Gasteiger partial charge in [0, 0.05) is 0 Å². The number of hydrogen-bond acceptors (Lipinski definition) is 2. The maximum Gasteiger partial charge on any atom is 0.237 e. The van der Waals surface area contributed by atoms with Gasteiger partial charge in [0.25, 0.3) is 0 Å². The molecule has 3 heteroatoms. The lowest BCUT2D eigenvalue weighted by Crippen LogP contribution is -2.30. The van der Waals surface area contributed by atoms with Crippen LogP contribution < -0.4 is 4.90 Å². The zero-order chi connectivity index (χ0) is 13.6. The van der Waals surface area contributed by atoms with Crippen LogP contribution >= 0.6 is 0 Å². The molecule has 0 bridgehead atoms. The van der Waals surface area contributed by atoms with Gasteiger partial charge in [-0.15, -0.1) is 0 Å². The molecule has 19 heavy (non-hydrogen) atoms. The molecule has 2 aliphatic rings. The summed E-state index contributed by atoms with van der Waals surface area (Å²) in [7, 11) is 0. The van der Waals surface area contributed by atoms with Crippen LogP contribution in [0.15, 0.2) is 24.3 Å². The monoisotopic (exact) mass is 257 g/mol. The van der Waals surface area contributed by atoms with Gasteiger partial charge in [0.15, 0.2) is 0 Å². The summed E-state index contributed by atoms with van der Waals surface area (Å²) in [6.07, 6.45) is 2.78. The van der Waals surface area contributed by atoms with Crippen molar-refractivity contribution in [3.8, 4) is 0 Å². The second-order valence-corrected chi connectivity index (χ2v) is 5.98. The van der Waals surface area contributed by atoms with Crippen LogP contribution in [0.2, 0.25) is 0 Å². The Hall–Kier alpha value is -1.64. The number of aryl methyl sites for hydroxylation is 1. The predicted octanol–water partition coefficient (Wildman–Crippen LogP) is 2.92. The van der Waals surface area contributed by atoms with Gasteiger partial charge in [0.05, 0.1) is 17.5 Å². The molecule has 1 saturated heterocycles. The smallest absolute Gasteiger partial charge is 0.237 e. The van der Waals surface area contributed by atoms with E-state index in [-0.39, 0.29) is 23.7 Å². The van der Waals surface area contributed by atoms with Gasteiger partial charge in [0.2, 0.25) is 11.8 Å². The standard InChI is InChI=1S/C16H19NO2/c1-10-4-3-5-12(8-10)17-15(18)13-7-6-11(2)9-14(13)16(17)19/h3-5,8,11,13-14H,6-7,9H2,1-2H3/t11-,13-,14-/m0/s1. The highest BCUT2D eigenvalue weighted by molar-refractivity contribution is 6.22. The van der Waals surface area contributed by atoms with Gasteiger partial charge in [-0.3, -0.25) is 14.5 Å². The summed E-state index contributed by atoms with van der Waals surface area (Å²) < 4.78 is 0. The normalized spacial score (nSPS) is 30.6. The van der Waals surface area contributed by atoms with E-state index >= 15 is 0 Å². The number of imide groups is 1. The highest BCUT2D eigenvalue weighted by atomic mass is 16.2. The molecule has 100 valence electrons. The number of fused-ring (bicyclic) bond motifs is 1. The molecule has 1 aromatic rings. The fourth-order valence-electron chi connectivity index (χ4n) is 3.41. The first-order valence-electron chi connectivity index (χ1n) is 7.02. The van der Waals surface area contributed by atoms with Crippen LogP contribution in [0.5, 0.6) is 0 Å². The van der Waals surface area contributed by atoms with Gasteiger partial charge in [-0.2, -0.15) is 0 Å². The molecule has 0 spiro atoms. The Balaban J connectivity index is 1.95. The van der Waals surface area contributed by atoms with Crippen LogP contribution in [0, 0.1) is 24.7 Å². The fraction of sp³-hybridized carbons (Fsp3) is 0.500. The molecule has 3 atom stereocenters. The van der Waals surface area contributed by atoms with E-state index in [0.29, 0.717) is 5.92 Å². The first-order chi connectivity index (χ1) is 9.08. The molecule has 3 rings (SSSR count). The molecule has 1 heterocycles. The second-order valence-electron chi connectivity index (χ2n) is 5.98. The molecule has 2 amide bonds. The van der Waals surface area contributed by atoms with Crippen LogP contribution in [-0.2, 0) is 9.59 Å². The van der Waals surface area contributed by atoms with E-state index < -0.39 is 0 Å². The molecule has 0 N–H and O–H groups in total. The number of benzene rings is 1. The number of carbonyl (C=O) groups is 2. The lowest BCUT2D eigenvalue weighted by Gasteiger charge is -2.25.